The summed E-state index contributed by atoms with van der Waals surface area (Å²) in [6.45, 7) is 6.65. The van der Waals surface area contributed by atoms with Crippen molar-refractivity contribution in [1.82, 2.24) is 5.32 Å². The van der Waals surface area contributed by atoms with Gasteiger partial charge < -0.3 is 10.1 Å². The second kappa shape index (κ2) is 4.88. The van der Waals surface area contributed by atoms with Crippen LogP contribution in [0.2, 0.25) is 0 Å². The smallest absolute Gasteiger partial charge is 0.122 e. The van der Waals surface area contributed by atoms with Crippen LogP contribution in [0.1, 0.15) is 35.4 Å². The first-order valence-corrected chi connectivity index (χ1v) is 6.09. The van der Waals surface area contributed by atoms with Crippen LogP contribution < -0.4 is 10.1 Å². The van der Waals surface area contributed by atoms with Crippen LogP contribution in [0, 0.1) is 13.8 Å². The van der Waals surface area contributed by atoms with E-state index >= 15 is 0 Å². The van der Waals surface area contributed by atoms with Gasteiger partial charge in [0.15, 0.2) is 0 Å². The standard InChI is InChI=1S/C14H21NO/c1-10-11(2)14(16-3)7-6-13(10)12-5-4-8-15-9-12/h6-7,12,15H,4-5,8-9H2,1-3H3. The fraction of sp³-hybridized carbons (Fsp3) is 0.571. The molecule has 1 fully saturated rings. The molecule has 0 bridgehead atoms. The van der Waals surface area contributed by atoms with Crippen molar-refractivity contribution in [3.63, 3.8) is 0 Å². The second-order valence-corrected chi connectivity index (χ2v) is 4.65. The average Bonchev–Trinajstić information content (AvgIpc) is 2.34. The van der Waals surface area contributed by atoms with Gasteiger partial charge in [0.1, 0.15) is 5.75 Å². The molecule has 1 aromatic carbocycles. The minimum Gasteiger partial charge on any atom is -0.496 e. The van der Waals surface area contributed by atoms with Gasteiger partial charge in [0, 0.05) is 6.54 Å². The molecule has 1 unspecified atom stereocenters. The maximum Gasteiger partial charge on any atom is 0.122 e. The molecule has 1 aliphatic heterocycles. The Kier molecular flexibility index (Phi) is 3.49. The largest absolute Gasteiger partial charge is 0.496 e. The van der Waals surface area contributed by atoms with E-state index in [-0.39, 0.29) is 0 Å². The Balaban J connectivity index is 2.30. The van der Waals surface area contributed by atoms with Crippen LogP contribution in [-0.2, 0) is 0 Å². The fourth-order valence-electron chi connectivity index (χ4n) is 2.60. The molecule has 1 aromatic rings. The maximum absolute atomic E-state index is 5.35. The molecule has 0 aromatic heterocycles. The van der Waals surface area contributed by atoms with Gasteiger partial charge in [-0.3, -0.25) is 0 Å². The summed E-state index contributed by atoms with van der Waals surface area (Å²) in [5, 5.41) is 3.48. The van der Waals surface area contributed by atoms with Crippen molar-refractivity contribution in [2.24, 2.45) is 0 Å². The zero-order valence-corrected chi connectivity index (χ0v) is 10.5. The van der Waals surface area contributed by atoms with Crippen LogP contribution in [0.25, 0.3) is 0 Å². The third-order valence-corrected chi connectivity index (χ3v) is 3.74. The third-order valence-electron chi connectivity index (χ3n) is 3.74. The van der Waals surface area contributed by atoms with Crippen LogP contribution >= 0.6 is 0 Å². The molecule has 88 valence electrons. The number of benzene rings is 1. The van der Waals surface area contributed by atoms with Gasteiger partial charge in [-0.25, -0.2) is 0 Å². The first-order chi connectivity index (χ1) is 7.74. The molecule has 1 N–H and O–H groups in total. The summed E-state index contributed by atoms with van der Waals surface area (Å²) in [4.78, 5) is 0. The number of ether oxygens (including phenoxy) is 1. The Bertz CT molecular complexity index is 367. The SMILES string of the molecule is COc1ccc(C2CCCNC2)c(C)c1C. The highest BCUT2D eigenvalue weighted by Crippen LogP contribution is 2.31. The van der Waals surface area contributed by atoms with Gasteiger partial charge >= 0.3 is 0 Å². The number of piperidine rings is 1. The van der Waals surface area contributed by atoms with Gasteiger partial charge in [0.25, 0.3) is 0 Å². The Morgan fingerprint density at radius 3 is 2.69 bits per heavy atom. The van der Waals surface area contributed by atoms with E-state index in [1.54, 1.807) is 7.11 Å². The molecule has 0 aliphatic carbocycles. The number of methoxy groups -OCH3 is 1. The zero-order chi connectivity index (χ0) is 11.5. The highest BCUT2D eigenvalue weighted by molar-refractivity contribution is 5.45. The molecule has 2 rings (SSSR count). The summed E-state index contributed by atoms with van der Waals surface area (Å²) in [5.74, 6) is 1.68. The molecule has 1 atom stereocenters. The number of rotatable bonds is 2. The lowest BCUT2D eigenvalue weighted by Gasteiger charge is -2.25. The summed E-state index contributed by atoms with van der Waals surface area (Å²) in [5.41, 5.74) is 4.17. The van der Waals surface area contributed by atoms with Gasteiger partial charge in [-0.1, -0.05) is 6.07 Å². The normalized spacial score (nSPS) is 20.8. The molecule has 16 heavy (non-hydrogen) atoms. The van der Waals surface area contributed by atoms with Crippen LogP contribution in [0.15, 0.2) is 12.1 Å². The first kappa shape index (κ1) is 11.5. The van der Waals surface area contributed by atoms with E-state index in [0.717, 1.165) is 12.3 Å². The summed E-state index contributed by atoms with van der Waals surface area (Å²) in [6, 6.07) is 4.34. The van der Waals surface area contributed by atoms with Crippen molar-refractivity contribution in [3.05, 3.63) is 28.8 Å². The zero-order valence-electron chi connectivity index (χ0n) is 10.5. The van der Waals surface area contributed by atoms with Gasteiger partial charge in [0.05, 0.1) is 7.11 Å². The average molecular weight is 219 g/mol. The summed E-state index contributed by atoms with van der Waals surface area (Å²) >= 11 is 0. The third kappa shape index (κ3) is 2.07. The van der Waals surface area contributed by atoms with E-state index in [9.17, 15) is 0 Å². The number of nitrogens with one attached hydrogen (secondary N) is 1. The van der Waals surface area contributed by atoms with Gasteiger partial charge in [0.2, 0.25) is 0 Å². The lowest BCUT2D eigenvalue weighted by molar-refractivity contribution is 0.410. The predicted molar refractivity (Wildman–Crippen MR) is 67.3 cm³/mol. The summed E-state index contributed by atoms with van der Waals surface area (Å²) in [7, 11) is 1.74. The van der Waals surface area contributed by atoms with Crippen LogP contribution in [-0.4, -0.2) is 20.2 Å². The van der Waals surface area contributed by atoms with Gasteiger partial charge in [-0.05, 0) is 61.9 Å². The van der Waals surface area contributed by atoms with Crippen molar-refractivity contribution in [2.45, 2.75) is 32.6 Å². The molecular formula is C14H21NO. The Morgan fingerprint density at radius 1 is 1.25 bits per heavy atom. The number of hydrogen-bond acceptors (Lipinski definition) is 2. The first-order valence-electron chi connectivity index (χ1n) is 6.09. The molecule has 1 heterocycles. The molecule has 0 saturated carbocycles. The molecule has 0 amide bonds. The minimum absolute atomic E-state index is 0.679. The summed E-state index contributed by atoms with van der Waals surface area (Å²) in [6.07, 6.45) is 2.59. The highest BCUT2D eigenvalue weighted by Gasteiger charge is 2.18. The highest BCUT2D eigenvalue weighted by atomic mass is 16.5. The van der Waals surface area contributed by atoms with Crippen molar-refractivity contribution < 1.29 is 4.74 Å². The van der Waals surface area contributed by atoms with Crippen molar-refractivity contribution in [3.8, 4) is 5.75 Å². The molecule has 0 spiro atoms. The fourth-order valence-corrected chi connectivity index (χ4v) is 2.60. The van der Waals surface area contributed by atoms with E-state index < -0.39 is 0 Å². The van der Waals surface area contributed by atoms with E-state index in [1.165, 1.54) is 36.1 Å². The van der Waals surface area contributed by atoms with E-state index in [1.807, 2.05) is 0 Å². The Hall–Kier alpha value is -1.02. The summed E-state index contributed by atoms with van der Waals surface area (Å²) < 4.78 is 5.35. The second-order valence-electron chi connectivity index (χ2n) is 4.65. The molecule has 2 nitrogen and oxygen atoms in total. The van der Waals surface area contributed by atoms with Gasteiger partial charge in [-0.15, -0.1) is 0 Å². The van der Waals surface area contributed by atoms with Crippen molar-refractivity contribution in [1.29, 1.82) is 0 Å². The molecular weight excluding hydrogens is 198 g/mol. The van der Waals surface area contributed by atoms with Crippen molar-refractivity contribution in [2.75, 3.05) is 20.2 Å². The quantitative estimate of drug-likeness (QED) is 0.826. The molecule has 1 aliphatic rings. The maximum atomic E-state index is 5.35. The minimum atomic E-state index is 0.679. The Labute approximate surface area is 98.0 Å². The van der Waals surface area contributed by atoms with Crippen LogP contribution in [0.5, 0.6) is 5.75 Å². The number of hydrogen-bond donors (Lipinski definition) is 1. The van der Waals surface area contributed by atoms with Crippen molar-refractivity contribution >= 4 is 0 Å². The molecule has 0 radical (unpaired) electrons. The monoisotopic (exact) mass is 219 g/mol. The predicted octanol–water partition coefficient (Wildman–Crippen LogP) is 2.78. The molecule has 2 heteroatoms. The van der Waals surface area contributed by atoms with Crippen LogP contribution in [0.4, 0.5) is 0 Å². The Morgan fingerprint density at radius 2 is 2.06 bits per heavy atom. The van der Waals surface area contributed by atoms with Gasteiger partial charge in [-0.2, -0.15) is 0 Å². The van der Waals surface area contributed by atoms with E-state index in [4.69, 9.17) is 4.74 Å². The molecule has 1 saturated heterocycles. The topological polar surface area (TPSA) is 21.3 Å². The van der Waals surface area contributed by atoms with E-state index in [0.29, 0.717) is 5.92 Å². The van der Waals surface area contributed by atoms with Crippen LogP contribution in [0.3, 0.4) is 0 Å². The lowest BCUT2D eigenvalue weighted by atomic mass is 9.87. The van der Waals surface area contributed by atoms with E-state index in [2.05, 4.69) is 31.3 Å². The lowest BCUT2D eigenvalue weighted by Crippen LogP contribution is -2.28.